The molecule has 3 heterocycles. The lowest BCUT2D eigenvalue weighted by molar-refractivity contribution is -0.127. The van der Waals surface area contributed by atoms with Gasteiger partial charge in [-0.3, -0.25) is 4.79 Å². The van der Waals surface area contributed by atoms with Gasteiger partial charge in [-0.15, -0.1) is 23.5 Å². The number of thioether (sulfide) groups is 2. The van der Waals surface area contributed by atoms with E-state index in [1.54, 1.807) is 0 Å². The van der Waals surface area contributed by atoms with E-state index < -0.39 is 0 Å². The Morgan fingerprint density at radius 3 is 2.95 bits per heavy atom. The number of carbonyl (C=O) groups excluding carboxylic acids is 1. The second-order valence-electron chi connectivity index (χ2n) is 5.74. The van der Waals surface area contributed by atoms with E-state index in [0.29, 0.717) is 10.1 Å². The first kappa shape index (κ1) is 12.4. The van der Waals surface area contributed by atoms with Crippen LogP contribution in [0.3, 0.4) is 0 Å². The van der Waals surface area contributed by atoms with Crippen molar-refractivity contribution in [3.05, 3.63) is 23.8 Å². The Morgan fingerprint density at radius 1 is 1.37 bits per heavy atom. The molecule has 0 aromatic rings. The second kappa shape index (κ2) is 4.30. The van der Waals surface area contributed by atoms with Gasteiger partial charge in [0, 0.05) is 41.6 Å². The summed E-state index contributed by atoms with van der Waals surface area (Å²) in [6.45, 7) is 0.907. The minimum atomic E-state index is 0.00510. The van der Waals surface area contributed by atoms with E-state index in [0.717, 1.165) is 25.0 Å². The molecule has 1 spiro atoms. The summed E-state index contributed by atoms with van der Waals surface area (Å²) in [7, 11) is 0. The molecule has 0 bridgehead atoms. The van der Waals surface area contributed by atoms with Gasteiger partial charge < -0.3 is 10.6 Å². The average Bonchev–Trinajstić information content (AvgIpc) is 2.96. The van der Waals surface area contributed by atoms with Crippen molar-refractivity contribution in [2.75, 3.05) is 18.1 Å². The molecule has 2 N–H and O–H groups in total. The number of allylic oxidation sites excluding steroid dienone is 2. The van der Waals surface area contributed by atoms with Crippen LogP contribution in [0.25, 0.3) is 0 Å². The number of piperidine rings is 1. The molecule has 3 unspecified atom stereocenters. The van der Waals surface area contributed by atoms with Crippen molar-refractivity contribution in [3.63, 3.8) is 0 Å². The van der Waals surface area contributed by atoms with Crippen molar-refractivity contribution >= 4 is 29.4 Å². The summed E-state index contributed by atoms with van der Waals surface area (Å²) in [5, 5.41) is 0. The number of fused-ring (bicyclic) bond motifs is 3. The Labute approximate surface area is 122 Å². The maximum absolute atomic E-state index is 12.5. The van der Waals surface area contributed by atoms with E-state index in [1.807, 2.05) is 18.2 Å². The number of amides is 1. The summed E-state index contributed by atoms with van der Waals surface area (Å²) in [5.41, 5.74) is 7.21. The van der Waals surface area contributed by atoms with Crippen molar-refractivity contribution in [2.45, 2.75) is 29.0 Å². The lowest BCUT2D eigenvalue weighted by Gasteiger charge is -2.42. The standard InChI is InChI=1S/C14H18N2OS2/c15-10-3-1-2-9-12(10)11-8-14(18-6-7-19-14)4-5-16(11)13(9)17/h1-3,10-12H,4-8,15H2. The van der Waals surface area contributed by atoms with Gasteiger partial charge in [0.2, 0.25) is 5.91 Å². The quantitative estimate of drug-likeness (QED) is 0.737. The summed E-state index contributed by atoms with van der Waals surface area (Å²) in [5.74, 6) is 2.96. The fraction of sp³-hybridized carbons (Fsp3) is 0.643. The Kier molecular flexibility index (Phi) is 2.80. The maximum atomic E-state index is 12.5. The number of hydrogen-bond donors (Lipinski definition) is 1. The Morgan fingerprint density at radius 2 is 2.16 bits per heavy atom. The van der Waals surface area contributed by atoms with Crippen LogP contribution in [-0.2, 0) is 4.79 Å². The molecule has 3 saturated heterocycles. The fourth-order valence-electron chi connectivity index (χ4n) is 3.89. The first-order valence-electron chi connectivity index (χ1n) is 6.93. The first-order chi connectivity index (χ1) is 9.20. The van der Waals surface area contributed by atoms with Crippen LogP contribution in [0.1, 0.15) is 12.8 Å². The molecule has 0 aromatic heterocycles. The lowest BCUT2D eigenvalue weighted by atomic mass is 9.82. The van der Waals surface area contributed by atoms with Gasteiger partial charge in [-0.25, -0.2) is 0 Å². The van der Waals surface area contributed by atoms with Gasteiger partial charge in [0.05, 0.1) is 4.08 Å². The molecule has 5 heteroatoms. The van der Waals surface area contributed by atoms with Crippen LogP contribution >= 0.6 is 23.5 Å². The minimum Gasteiger partial charge on any atom is -0.335 e. The summed E-state index contributed by atoms with van der Waals surface area (Å²) >= 11 is 4.21. The van der Waals surface area contributed by atoms with Crippen molar-refractivity contribution in [1.29, 1.82) is 0 Å². The van der Waals surface area contributed by atoms with Gasteiger partial charge in [-0.05, 0) is 12.8 Å². The van der Waals surface area contributed by atoms with E-state index in [-0.39, 0.29) is 17.9 Å². The molecular formula is C14H18N2OS2. The zero-order chi connectivity index (χ0) is 13.0. The van der Waals surface area contributed by atoms with Crippen molar-refractivity contribution < 1.29 is 4.79 Å². The molecule has 0 aromatic carbocycles. The SMILES string of the molecule is NC1C=CC=C2C(=O)N3CCC4(CC3C21)SCCS4. The molecule has 4 aliphatic rings. The van der Waals surface area contributed by atoms with Crippen molar-refractivity contribution in [3.8, 4) is 0 Å². The molecular weight excluding hydrogens is 276 g/mol. The Bertz CT molecular complexity index is 482. The highest BCUT2D eigenvalue weighted by atomic mass is 32.2. The van der Waals surface area contributed by atoms with Crippen LogP contribution < -0.4 is 5.73 Å². The van der Waals surface area contributed by atoms with E-state index in [2.05, 4.69) is 28.4 Å². The lowest BCUT2D eigenvalue weighted by Crippen LogP contribution is -2.49. The molecule has 1 aliphatic carbocycles. The highest BCUT2D eigenvalue weighted by molar-refractivity contribution is 8.21. The molecule has 3 fully saturated rings. The Hall–Kier alpha value is -0.390. The normalized spacial score (nSPS) is 39.4. The van der Waals surface area contributed by atoms with Crippen LogP contribution in [-0.4, -0.2) is 45.0 Å². The molecule has 0 radical (unpaired) electrons. The number of nitrogens with zero attached hydrogens (tertiary/aromatic N) is 1. The van der Waals surface area contributed by atoms with Crippen LogP contribution in [0.2, 0.25) is 0 Å². The highest BCUT2D eigenvalue weighted by Crippen LogP contribution is 2.55. The van der Waals surface area contributed by atoms with Crippen LogP contribution in [0, 0.1) is 5.92 Å². The first-order valence-corrected chi connectivity index (χ1v) is 8.90. The van der Waals surface area contributed by atoms with E-state index in [9.17, 15) is 4.79 Å². The molecule has 102 valence electrons. The average molecular weight is 294 g/mol. The van der Waals surface area contributed by atoms with Gasteiger partial charge in [0.25, 0.3) is 0 Å². The summed E-state index contributed by atoms with van der Waals surface area (Å²) in [6.07, 6.45) is 8.21. The number of hydrogen-bond acceptors (Lipinski definition) is 4. The molecule has 4 rings (SSSR count). The van der Waals surface area contributed by atoms with Gasteiger partial charge in [-0.2, -0.15) is 0 Å². The molecule has 19 heavy (non-hydrogen) atoms. The van der Waals surface area contributed by atoms with Crippen LogP contribution in [0.15, 0.2) is 23.8 Å². The third kappa shape index (κ3) is 1.74. The molecule has 1 amide bonds. The number of carbonyl (C=O) groups is 1. The van der Waals surface area contributed by atoms with Gasteiger partial charge in [0.15, 0.2) is 0 Å². The molecule has 3 aliphatic heterocycles. The monoisotopic (exact) mass is 294 g/mol. The fourth-order valence-corrected chi connectivity index (χ4v) is 7.18. The smallest absolute Gasteiger partial charge is 0.250 e. The third-order valence-corrected chi connectivity index (χ3v) is 8.35. The van der Waals surface area contributed by atoms with Gasteiger partial charge >= 0.3 is 0 Å². The second-order valence-corrected chi connectivity index (χ2v) is 8.95. The minimum absolute atomic E-state index is 0.00510. The van der Waals surface area contributed by atoms with E-state index >= 15 is 0 Å². The maximum Gasteiger partial charge on any atom is 0.250 e. The van der Waals surface area contributed by atoms with Crippen molar-refractivity contribution in [1.82, 2.24) is 4.90 Å². The Balaban J connectivity index is 1.68. The zero-order valence-electron chi connectivity index (χ0n) is 10.7. The van der Waals surface area contributed by atoms with Crippen LogP contribution in [0.4, 0.5) is 0 Å². The third-order valence-electron chi connectivity index (χ3n) is 4.77. The van der Waals surface area contributed by atoms with Gasteiger partial charge in [0.1, 0.15) is 0 Å². The molecule has 0 saturated carbocycles. The largest absolute Gasteiger partial charge is 0.335 e. The number of rotatable bonds is 0. The van der Waals surface area contributed by atoms with Crippen LogP contribution in [0.5, 0.6) is 0 Å². The molecule has 3 nitrogen and oxygen atoms in total. The number of nitrogens with two attached hydrogens (primary N) is 1. The predicted molar refractivity (Wildman–Crippen MR) is 81.1 cm³/mol. The molecule has 3 atom stereocenters. The predicted octanol–water partition coefficient (Wildman–Crippen LogP) is 1.61. The zero-order valence-corrected chi connectivity index (χ0v) is 12.4. The van der Waals surface area contributed by atoms with E-state index in [1.165, 1.54) is 11.5 Å². The van der Waals surface area contributed by atoms with E-state index in [4.69, 9.17) is 5.73 Å². The van der Waals surface area contributed by atoms with Gasteiger partial charge in [-0.1, -0.05) is 18.2 Å². The summed E-state index contributed by atoms with van der Waals surface area (Å²) < 4.78 is 0.359. The van der Waals surface area contributed by atoms with Crippen molar-refractivity contribution in [2.24, 2.45) is 11.7 Å². The topological polar surface area (TPSA) is 46.3 Å². The summed E-state index contributed by atoms with van der Waals surface area (Å²) in [4.78, 5) is 14.6. The highest BCUT2D eigenvalue weighted by Gasteiger charge is 2.53. The summed E-state index contributed by atoms with van der Waals surface area (Å²) in [6, 6.07) is 0.330.